The molecule has 0 heterocycles. The van der Waals surface area contributed by atoms with Gasteiger partial charge in [0, 0.05) is 6.92 Å². The van der Waals surface area contributed by atoms with Crippen LogP contribution in [0.15, 0.2) is 103 Å². The highest BCUT2D eigenvalue weighted by Crippen LogP contribution is 2.45. The Hall–Kier alpha value is -3.85. The molecule has 0 N–H and O–H groups in total. The van der Waals surface area contributed by atoms with E-state index in [0.29, 0.717) is 5.75 Å². The van der Waals surface area contributed by atoms with Gasteiger partial charge >= 0.3 is 5.97 Å². The largest absolute Gasteiger partial charge is 0.497 e. The Bertz CT molecular complexity index is 1180. The Labute approximate surface area is 189 Å². The zero-order valence-electron chi connectivity index (χ0n) is 18.5. The highest BCUT2D eigenvalue weighted by atomic mass is 16.5. The molecule has 0 saturated carbocycles. The molecule has 0 aliphatic heterocycles. The Kier molecular flexibility index (Phi) is 6.09. The van der Waals surface area contributed by atoms with Crippen molar-refractivity contribution in [1.29, 1.82) is 0 Å². The molecular formula is C29H26O3. The first kappa shape index (κ1) is 21.4. The highest BCUT2D eigenvalue weighted by molar-refractivity contribution is 5.69. The van der Waals surface area contributed by atoms with E-state index in [1.54, 1.807) is 7.11 Å². The molecule has 0 aromatic heterocycles. The van der Waals surface area contributed by atoms with Crippen LogP contribution in [0.2, 0.25) is 0 Å². The molecule has 0 radical (unpaired) electrons. The van der Waals surface area contributed by atoms with Crippen LogP contribution in [-0.2, 0) is 10.2 Å². The third-order valence-electron chi connectivity index (χ3n) is 5.76. The van der Waals surface area contributed by atoms with Crippen LogP contribution < -0.4 is 9.47 Å². The van der Waals surface area contributed by atoms with Gasteiger partial charge in [-0.2, -0.15) is 0 Å². The number of carbonyl (C=O) groups is 1. The van der Waals surface area contributed by atoms with E-state index >= 15 is 0 Å². The fourth-order valence-corrected chi connectivity index (χ4v) is 4.27. The topological polar surface area (TPSA) is 35.5 Å². The Balaban J connectivity index is 2.02. The third-order valence-corrected chi connectivity index (χ3v) is 5.76. The second-order valence-electron chi connectivity index (χ2n) is 7.83. The molecule has 0 spiro atoms. The summed E-state index contributed by atoms with van der Waals surface area (Å²) in [5.74, 6) is 1.01. The number of ether oxygens (including phenoxy) is 2. The van der Waals surface area contributed by atoms with Gasteiger partial charge in [-0.25, -0.2) is 0 Å². The molecule has 0 amide bonds. The number of hydrogen-bond donors (Lipinski definition) is 0. The molecule has 0 fully saturated rings. The first-order valence-electron chi connectivity index (χ1n) is 10.6. The summed E-state index contributed by atoms with van der Waals surface area (Å²) < 4.78 is 10.7. The van der Waals surface area contributed by atoms with E-state index in [-0.39, 0.29) is 5.97 Å². The van der Waals surface area contributed by atoms with Crippen molar-refractivity contribution in [3.8, 4) is 11.5 Å². The van der Waals surface area contributed by atoms with Crippen molar-refractivity contribution in [3.05, 3.63) is 131 Å². The Morgan fingerprint density at radius 1 is 0.625 bits per heavy atom. The molecule has 32 heavy (non-hydrogen) atoms. The number of carbonyl (C=O) groups excluding carboxylic acids is 1. The smallest absolute Gasteiger partial charge is 0.308 e. The van der Waals surface area contributed by atoms with Gasteiger partial charge < -0.3 is 9.47 Å². The summed E-state index contributed by atoms with van der Waals surface area (Å²) >= 11 is 0. The number of hydrogen-bond acceptors (Lipinski definition) is 3. The van der Waals surface area contributed by atoms with Gasteiger partial charge in [0.2, 0.25) is 0 Å². The lowest BCUT2D eigenvalue weighted by Crippen LogP contribution is -2.31. The van der Waals surface area contributed by atoms with Gasteiger partial charge in [-0.3, -0.25) is 4.79 Å². The third kappa shape index (κ3) is 4.02. The van der Waals surface area contributed by atoms with E-state index in [2.05, 4.69) is 67.6 Å². The van der Waals surface area contributed by atoms with Crippen molar-refractivity contribution < 1.29 is 14.3 Å². The SMILES string of the molecule is COc1ccc(C(c2ccccc2)(c2ccc(C)cc2)c2ccc(OC(C)=O)cc2)cc1. The number of benzene rings is 4. The van der Waals surface area contributed by atoms with Crippen molar-refractivity contribution >= 4 is 5.97 Å². The van der Waals surface area contributed by atoms with Crippen molar-refractivity contribution in [3.63, 3.8) is 0 Å². The molecular weight excluding hydrogens is 396 g/mol. The van der Waals surface area contributed by atoms with E-state index in [9.17, 15) is 4.79 Å². The van der Waals surface area contributed by atoms with Crippen LogP contribution in [0.5, 0.6) is 11.5 Å². The van der Waals surface area contributed by atoms with Gasteiger partial charge in [0.05, 0.1) is 12.5 Å². The normalized spacial score (nSPS) is 12.6. The summed E-state index contributed by atoms with van der Waals surface area (Å²) in [6.07, 6.45) is 0. The van der Waals surface area contributed by atoms with Gasteiger partial charge in [-0.1, -0.05) is 84.4 Å². The van der Waals surface area contributed by atoms with Crippen molar-refractivity contribution in [2.24, 2.45) is 0 Å². The van der Waals surface area contributed by atoms with E-state index in [4.69, 9.17) is 9.47 Å². The fourth-order valence-electron chi connectivity index (χ4n) is 4.27. The van der Waals surface area contributed by atoms with E-state index in [1.165, 1.54) is 12.5 Å². The summed E-state index contributed by atoms with van der Waals surface area (Å²) in [5.41, 5.74) is 5.14. The molecule has 0 aliphatic rings. The quantitative estimate of drug-likeness (QED) is 0.207. The molecule has 0 saturated heterocycles. The maximum atomic E-state index is 11.4. The lowest BCUT2D eigenvalue weighted by Gasteiger charge is -2.37. The summed E-state index contributed by atoms with van der Waals surface area (Å²) in [5, 5.41) is 0. The Morgan fingerprint density at radius 2 is 1.06 bits per heavy atom. The lowest BCUT2D eigenvalue weighted by molar-refractivity contribution is -0.131. The first-order chi connectivity index (χ1) is 15.5. The molecule has 1 atom stereocenters. The summed E-state index contributed by atoms with van der Waals surface area (Å²) in [6, 6.07) is 35.1. The Morgan fingerprint density at radius 3 is 1.53 bits per heavy atom. The minimum absolute atomic E-state index is 0.333. The average molecular weight is 423 g/mol. The molecule has 4 aromatic carbocycles. The van der Waals surface area contributed by atoms with Gasteiger partial charge in [0.25, 0.3) is 0 Å². The van der Waals surface area contributed by atoms with Crippen LogP contribution in [0, 0.1) is 6.92 Å². The zero-order chi connectivity index (χ0) is 22.6. The number of aryl methyl sites for hydroxylation is 1. The molecule has 0 bridgehead atoms. The van der Waals surface area contributed by atoms with Gasteiger partial charge in [-0.15, -0.1) is 0 Å². The van der Waals surface area contributed by atoms with Crippen LogP contribution in [0.3, 0.4) is 0 Å². The molecule has 4 aromatic rings. The highest BCUT2D eigenvalue weighted by Gasteiger charge is 2.38. The van der Waals surface area contributed by atoms with Crippen molar-refractivity contribution in [2.45, 2.75) is 19.3 Å². The number of esters is 1. The first-order valence-corrected chi connectivity index (χ1v) is 10.6. The molecule has 4 rings (SSSR count). The molecule has 1 unspecified atom stereocenters. The predicted octanol–water partition coefficient (Wildman–Crippen LogP) is 6.31. The van der Waals surface area contributed by atoms with E-state index in [1.807, 2.05) is 42.5 Å². The number of methoxy groups -OCH3 is 1. The van der Waals surface area contributed by atoms with E-state index in [0.717, 1.165) is 28.0 Å². The fraction of sp³-hybridized carbons (Fsp3) is 0.138. The minimum atomic E-state index is -0.560. The second-order valence-corrected chi connectivity index (χ2v) is 7.83. The average Bonchev–Trinajstić information content (AvgIpc) is 2.82. The number of rotatable bonds is 6. The summed E-state index contributed by atoms with van der Waals surface area (Å²) in [6.45, 7) is 3.50. The molecule has 0 aliphatic carbocycles. The predicted molar refractivity (Wildman–Crippen MR) is 127 cm³/mol. The van der Waals surface area contributed by atoms with Crippen LogP contribution in [-0.4, -0.2) is 13.1 Å². The second kappa shape index (κ2) is 9.11. The van der Waals surface area contributed by atoms with Crippen LogP contribution >= 0.6 is 0 Å². The van der Waals surface area contributed by atoms with Crippen molar-refractivity contribution in [2.75, 3.05) is 7.11 Å². The zero-order valence-corrected chi connectivity index (χ0v) is 18.5. The van der Waals surface area contributed by atoms with Gasteiger partial charge in [0.15, 0.2) is 0 Å². The molecule has 3 nitrogen and oxygen atoms in total. The maximum Gasteiger partial charge on any atom is 0.308 e. The maximum absolute atomic E-state index is 11.4. The van der Waals surface area contributed by atoms with Crippen LogP contribution in [0.25, 0.3) is 0 Å². The van der Waals surface area contributed by atoms with E-state index < -0.39 is 5.41 Å². The van der Waals surface area contributed by atoms with Crippen LogP contribution in [0.1, 0.15) is 34.7 Å². The lowest BCUT2D eigenvalue weighted by atomic mass is 9.65. The van der Waals surface area contributed by atoms with Crippen molar-refractivity contribution in [1.82, 2.24) is 0 Å². The monoisotopic (exact) mass is 422 g/mol. The molecule has 3 heteroatoms. The summed E-state index contributed by atoms with van der Waals surface area (Å²) in [7, 11) is 1.67. The summed E-state index contributed by atoms with van der Waals surface area (Å²) in [4.78, 5) is 11.4. The molecule has 160 valence electrons. The minimum Gasteiger partial charge on any atom is -0.497 e. The van der Waals surface area contributed by atoms with Gasteiger partial charge in [-0.05, 0) is 53.4 Å². The van der Waals surface area contributed by atoms with Gasteiger partial charge in [0.1, 0.15) is 11.5 Å². The van der Waals surface area contributed by atoms with Crippen LogP contribution in [0.4, 0.5) is 0 Å². The standard InChI is InChI=1S/C29H26O3/c1-21-9-11-24(12-10-21)29(23-7-5-4-6-8-23,25-13-17-27(31-3)18-14-25)26-15-19-28(20-16-26)32-22(2)30/h4-20H,1-3H3.